The summed E-state index contributed by atoms with van der Waals surface area (Å²) < 4.78 is 0. The van der Waals surface area contributed by atoms with Crippen molar-refractivity contribution >= 4 is 28.3 Å². The molecule has 3 rings (SSSR count). The van der Waals surface area contributed by atoms with E-state index in [9.17, 15) is 4.79 Å². The van der Waals surface area contributed by atoms with Crippen LogP contribution in [0.4, 0.5) is 0 Å². The minimum absolute atomic E-state index is 0.142. The van der Waals surface area contributed by atoms with Gasteiger partial charge in [-0.2, -0.15) is 0 Å². The number of benzene rings is 2. The number of aromatic nitrogens is 1. The van der Waals surface area contributed by atoms with Crippen LogP contribution in [0.1, 0.15) is 35.8 Å². The summed E-state index contributed by atoms with van der Waals surface area (Å²) in [6.45, 7) is 4.05. The number of halogens is 1. The first kappa shape index (κ1) is 15.8. The number of aromatic amines is 1. The number of Topliss-reactive ketones (excluding diaryl/α,β-unsaturated/α-hetero) is 1. The highest BCUT2D eigenvalue weighted by Crippen LogP contribution is 2.19. The molecule has 0 saturated carbocycles. The van der Waals surface area contributed by atoms with Gasteiger partial charge in [0.2, 0.25) is 5.78 Å². The third kappa shape index (κ3) is 3.31. The number of rotatable bonds is 5. The van der Waals surface area contributed by atoms with Gasteiger partial charge in [0, 0.05) is 33.2 Å². The lowest BCUT2D eigenvalue weighted by molar-refractivity contribution is -0.709. The lowest BCUT2D eigenvalue weighted by Gasteiger charge is -2.16. The molecule has 2 atom stereocenters. The fraction of sp³-hybridized carbons (Fsp3) is 0.211. The van der Waals surface area contributed by atoms with E-state index in [1.807, 2.05) is 61.7 Å². The number of ketones is 1. The molecular weight excluding hydrogens is 308 g/mol. The maximum atomic E-state index is 12.8. The van der Waals surface area contributed by atoms with Crippen molar-refractivity contribution in [3.05, 3.63) is 70.9 Å². The van der Waals surface area contributed by atoms with Crippen LogP contribution in [0.2, 0.25) is 5.02 Å². The van der Waals surface area contributed by atoms with Crippen LogP contribution in [0.3, 0.4) is 0 Å². The van der Waals surface area contributed by atoms with Gasteiger partial charge in [0.15, 0.2) is 0 Å². The Labute approximate surface area is 140 Å². The first-order valence-electron chi connectivity index (χ1n) is 7.77. The third-order valence-electron chi connectivity index (χ3n) is 4.24. The van der Waals surface area contributed by atoms with E-state index in [0.29, 0.717) is 0 Å². The number of nitrogens with one attached hydrogen (secondary N) is 1. The van der Waals surface area contributed by atoms with Gasteiger partial charge in [-0.3, -0.25) is 4.79 Å². The molecule has 0 unspecified atom stereocenters. The lowest BCUT2D eigenvalue weighted by atomic mass is 10.0. The maximum absolute atomic E-state index is 12.8. The van der Waals surface area contributed by atoms with Gasteiger partial charge < -0.3 is 10.3 Å². The summed E-state index contributed by atoms with van der Waals surface area (Å²) in [5.74, 6) is 0.142. The highest BCUT2D eigenvalue weighted by molar-refractivity contribution is 6.30. The van der Waals surface area contributed by atoms with Gasteiger partial charge in [0.1, 0.15) is 12.1 Å². The van der Waals surface area contributed by atoms with Crippen LogP contribution in [0.25, 0.3) is 10.9 Å². The van der Waals surface area contributed by atoms with Crippen molar-refractivity contribution in [2.75, 3.05) is 0 Å². The number of H-pyrrole nitrogens is 1. The molecule has 3 nitrogen and oxygen atoms in total. The average molecular weight is 328 g/mol. The van der Waals surface area contributed by atoms with E-state index < -0.39 is 0 Å². The van der Waals surface area contributed by atoms with Crippen LogP contribution < -0.4 is 5.32 Å². The van der Waals surface area contributed by atoms with E-state index in [1.54, 1.807) is 0 Å². The number of hydrogen-bond donors (Lipinski definition) is 2. The molecule has 118 valence electrons. The number of fused-ring (bicyclic) bond motifs is 1. The van der Waals surface area contributed by atoms with Crippen molar-refractivity contribution in [1.82, 2.24) is 4.98 Å². The monoisotopic (exact) mass is 327 g/mol. The Balaban J connectivity index is 1.76. The Morgan fingerprint density at radius 2 is 1.78 bits per heavy atom. The zero-order chi connectivity index (χ0) is 16.4. The molecule has 0 bridgehead atoms. The number of para-hydroxylation sites is 1. The second-order valence-electron chi connectivity index (χ2n) is 5.93. The smallest absolute Gasteiger partial charge is 0.221 e. The van der Waals surface area contributed by atoms with E-state index in [4.69, 9.17) is 11.6 Å². The van der Waals surface area contributed by atoms with Gasteiger partial charge in [0.25, 0.3) is 0 Å². The van der Waals surface area contributed by atoms with Crippen LogP contribution in [-0.4, -0.2) is 16.8 Å². The van der Waals surface area contributed by atoms with Gasteiger partial charge in [-0.15, -0.1) is 0 Å². The SMILES string of the molecule is C[C@H]([NH2+][C@H](C)c1ccc(Cl)cc1)C(=O)c1c[nH]c2ccccc12. The minimum atomic E-state index is -0.153. The molecule has 1 heterocycles. The fourth-order valence-electron chi connectivity index (χ4n) is 2.92. The van der Waals surface area contributed by atoms with Crippen molar-refractivity contribution in [3.8, 4) is 0 Å². The number of nitrogens with two attached hydrogens (primary N) is 1. The second-order valence-corrected chi connectivity index (χ2v) is 6.37. The molecule has 4 heteroatoms. The van der Waals surface area contributed by atoms with Gasteiger partial charge in [-0.05, 0) is 32.0 Å². The highest BCUT2D eigenvalue weighted by Gasteiger charge is 2.23. The summed E-state index contributed by atoms with van der Waals surface area (Å²) in [7, 11) is 0. The molecule has 0 aliphatic rings. The van der Waals surface area contributed by atoms with Gasteiger partial charge in [-0.25, -0.2) is 0 Å². The van der Waals surface area contributed by atoms with Crippen molar-refractivity contribution in [1.29, 1.82) is 0 Å². The summed E-state index contributed by atoms with van der Waals surface area (Å²) in [4.78, 5) is 15.9. The predicted molar refractivity (Wildman–Crippen MR) is 93.9 cm³/mol. The maximum Gasteiger partial charge on any atom is 0.221 e. The van der Waals surface area contributed by atoms with Gasteiger partial charge in [0.05, 0.1) is 0 Å². The zero-order valence-electron chi connectivity index (χ0n) is 13.2. The molecule has 0 fully saturated rings. The Morgan fingerprint density at radius 3 is 2.52 bits per heavy atom. The normalized spacial score (nSPS) is 13.9. The Morgan fingerprint density at radius 1 is 1.09 bits per heavy atom. The van der Waals surface area contributed by atoms with Gasteiger partial charge >= 0.3 is 0 Å². The number of carbonyl (C=O) groups excluding carboxylic acids is 1. The average Bonchev–Trinajstić information content (AvgIpc) is 2.98. The first-order valence-corrected chi connectivity index (χ1v) is 8.15. The second kappa shape index (κ2) is 6.57. The number of hydrogen-bond acceptors (Lipinski definition) is 1. The summed E-state index contributed by atoms with van der Waals surface area (Å²) in [5, 5.41) is 3.80. The number of quaternary nitrogens is 1. The van der Waals surface area contributed by atoms with E-state index in [-0.39, 0.29) is 17.9 Å². The Bertz CT molecular complexity index is 823. The molecule has 3 aromatic rings. The molecule has 23 heavy (non-hydrogen) atoms. The minimum Gasteiger partial charge on any atom is -0.360 e. The summed E-state index contributed by atoms with van der Waals surface area (Å²) in [5.41, 5.74) is 2.91. The van der Waals surface area contributed by atoms with Crippen molar-refractivity contribution < 1.29 is 10.1 Å². The third-order valence-corrected chi connectivity index (χ3v) is 4.49. The topological polar surface area (TPSA) is 49.5 Å². The van der Waals surface area contributed by atoms with Crippen LogP contribution in [0.15, 0.2) is 54.7 Å². The molecule has 0 aliphatic carbocycles. The van der Waals surface area contributed by atoms with Crippen molar-refractivity contribution in [2.45, 2.75) is 25.9 Å². The molecule has 0 spiro atoms. The lowest BCUT2D eigenvalue weighted by Crippen LogP contribution is -2.91. The Hall–Kier alpha value is -2.10. The fourth-order valence-corrected chi connectivity index (χ4v) is 3.04. The van der Waals surface area contributed by atoms with Crippen LogP contribution in [-0.2, 0) is 0 Å². The van der Waals surface area contributed by atoms with Gasteiger partial charge in [-0.1, -0.05) is 41.9 Å². The van der Waals surface area contributed by atoms with Crippen molar-refractivity contribution in [3.63, 3.8) is 0 Å². The van der Waals surface area contributed by atoms with Crippen LogP contribution >= 0.6 is 11.6 Å². The zero-order valence-corrected chi connectivity index (χ0v) is 14.0. The summed E-state index contributed by atoms with van der Waals surface area (Å²) >= 11 is 5.93. The summed E-state index contributed by atoms with van der Waals surface area (Å²) in [6, 6.07) is 15.7. The van der Waals surface area contributed by atoms with E-state index >= 15 is 0 Å². The summed E-state index contributed by atoms with van der Waals surface area (Å²) in [6.07, 6.45) is 1.81. The molecular formula is C19H20ClN2O+. The molecule has 0 radical (unpaired) electrons. The molecule has 2 aromatic carbocycles. The molecule has 0 saturated heterocycles. The van der Waals surface area contributed by atoms with E-state index in [2.05, 4.69) is 17.2 Å². The Kier molecular flexibility index (Phi) is 4.51. The first-order chi connectivity index (χ1) is 11.1. The van der Waals surface area contributed by atoms with E-state index in [0.717, 1.165) is 27.1 Å². The quantitative estimate of drug-likeness (QED) is 0.689. The van der Waals surface area contributed by atoms with Crippen LogP contribution in [0.5, 0.6) is 0 Å². The molecule has 0 amide bonds. The molecule has 3 N–H and O–H groups in total. The number of carbonyl (C=O) groups is 1. The largest absolute Gasteiger partial charge is 0.360 e. The molecule has 1 aromatic heterocycles. The molecule has 0 aliphatic heterocycles. The van der Waals surface area contributed by atoms with Crippen LogP contribution in [0, 0.1) is 0 Å². The standard InChI is InChI=1S/C19H19ClN2O/c1-12(14-7-9-15(20)10-8-14)22-13(2)19(23)17-11-21-18-6-4-3-5-16(17)18/h3-13,21-22H,1-2H3/p+1/t12-,13+/m1/s1. The predicted octanol–water partition coefficient (Wildman–Crippen LogP) is 3.72. The van der Waals surface area contributed by atoms with E-state index in [1.165, 1.54) is 0 Å². The highest BCUT2D eigenvalue weighted by atomic mass is 35.5. The van der Waals surface area contributed by atoms with Crippen molar-refractivity contribution in [2.24, 2.45) is 0 Å².